The van der Waals surface area contributed by atoms with Crippen molar-refractivity contribution >= 4 is 30.8 Å². The van der Waals surface area contributed by atoms with E-state index in [2.05, 4.69) is 77.8 Å². The molecule has 2 nitrogen and oxygen atoms in total. The molecule has 0 aliphatic carbocycles. The zero-order valence-corrected chi connectivity index (χ0v) is 17.1. The molecule has 6 rings (SSSR count). The van der Waals surface area contributed by atoms with Gasteiger partial charge >= 0.3 is 171 Å². The van der Waals surface area contributed by atoms with Crippen LogP contribution in [0.4, 0.5) is 0 Å². The van der Waals surface area contributed by atoms with Gasteiger partial charge in [-0.3, -0.25) is 0 Å². The number of halogens is 1. The molecule has 0 N–H and O–H groups in total. The van der Waals surface area contributed by atoms with Gasteiger partial charge in [0.05, 0.1) is 0 Å². The predicted molar refractivity (Wildman–Crippen MR) is 121 cm³/mol. The summed E-state index contributed by atoms with van der Waals surface area (Å²) in [6, 6.07) is 28.7. The van der Waals surface area contributed by atoms with Crippen LogP contribution in [0.1, 0.15) is 0 Å². The Morgan fingerprint density at radius 2 is 1.61 bits per heavy atom. The fourth-order valence-electron chi connectivity index (χ4n) is 3.84. The van der Waals surface area contributed by atoms with Crippen molar-refractivity contribution in [1.29, 1.82) is 0 Å². The van der Waals surface area contributed by atoms with Crippen molar-refractivity contribution < 1.29 is 4.42 Å². The normalized spacial score (nSPS) is 13.5. The van der Waals surface area contributed by atoms with E-state index in [1.54, 1.807) is 6.26 Å². The molecule has 134 valence electrons. The van der Waals surface area contributed by atoms with Gasteiger partial charge in [-0.15, -0.1) is 0 Å². The number of rotatable bonds is 2. The number of hydrogen-bond donors (Lipinski definition) is 0. The Balaban J connectivity index is 1.52. The Morgan fingerprint density at radius 3 is 2.46 bits per heavy atom. The maximum atomic E-state index is 5.72. The second kappa shape index (κ2) is 6.31. The van der Waals surface area contributed by atoms with Crippen LogP contribution >= 0.6 is 19.8 Å². The van der Waals surface area contributed by atoms with Crippen molar-refractivity contribution in [1.82, 2.24) is 4.98 Å². The van der Waals surface area contributed by atoms with Gasteiger partial charge in [-0.05, 0) is 0 Å². The zero-order chi connectivity index (χ0) is 18.5. The quantitative estimate of drug-likeness (QED) is 0.256. The van der Waals surface area contributed by atoms with Gasteiger partial charge in [-0.2, -0.15) is 0 Å². The molecule has 0 spiro atoms. The third-order valence-corrected chi connectivity index (χ3v) is 11.3. The summed E-state index contributed by atoms with van der Waals surface area (Å²) in [7, 11) is 0. The van der Waals surface area contributed by atoms with Crippen LogP contribution in [-0.2, 0) is 0 Å². The third kappa shape index (κ3) is 2.43. The van der Waals surface area contributed by atoms with Gasteiger partial charge < -0.3 is 0 Å². The van der Waals surface area contributed by atoms with E-state index in [-0.39, 0.29) is 0 Å². The maximum absolute atomic E-state index is 5.72. The summed E-state index contributed by atoms with van der Waals surface area (Å²) in [5.41, 5.74) is 6.12. The van der Waals surface area contributed by atoms with Gasteiger partial charge in [-0.25, -0.2) is 0 Å². The molecule has 0 fully saturated rings. The molecule has 0 amide bonds. The molecule has 0 saturated carbocycles. The Morgan fingerprint density at radius 1 is 0.714 bits per heavy atom. The van der Waals surface area contributed by atoms with Gasteiger partial charge in [0.25, 0.3) is 0 Å². The first kappa shape index (κ1) is 16.1. The van der Waals surface area contributed by atoms with E-state index in [0.29, 0.717) is 0 Å². The van der Waals surface area contributed by atoms with Crippen LogP contribution in [0.25, 0.3) is 33.2 Å². The molecule has 3 heterocycles. The number of fused-ring (bicyclic) bond motifs is 4. The van der Waals surface area contributed by atoms with E-state index in [0.717, 1.165) is 11.1 Å². The average molecular weight is 473 g/mol. The summed E-state index contributed by atoms with van der Waals surface area (Å²) in [5, 5.41) is 1.18. The molecule has 2 aromatic heterocycles. The molecule has 0 bridgehead atoms. The van der Waals surface area contributed by atoms with Crippen molar-refractivity contribution in [3.05, 3.63) is 108 Å². The van der Waals surface area contributed by atoms with Crippen molar-refractivity contribution in [3.63, 3.8) is 0 Å². The predicted octanol–water partition coefficient (Wildman–Crippen LogP) is 6.89. The zero-order valence-electron chi connectivity index (χ0n) is 15.0. The van der Waals surface area contributed by atoms with E-state index >= 15 is 0 Å². The molecule has 0 atom stereocenters. The van der Waals surface area contributed by atoms with E-state index in [9.17, 15) is 0 Å². The Hall–Kier alpha value is -2.92. The van der Waals surface area contributed by atoms with E-state index in [1.807, 2.05) is 18.5 Å². The van der Waals surface area contributed by atoms with Crippen LogP contribution in [0.3, 0.4) is 0 Å². The molecule has 0 unspecified atom stereocenters. The first-order chi connectivity index (χ1) is 13.9. The number of nitrogens with zero attached hydrogens (tertiary/aromatic N) is 1. The molecule has 1 aliphatic rings. The van der Waals surface area contributed by atoms with Crippen molar-refractivity contribution in [2.45, 2.75) is 0 Å². The number of pyridine rings is 1. The standard InChI is InChI=1S/C25H16INO/c1-2-6-23-21(5-1)22-14-18-11-13-28-25(18)15-24(22)26(23)20-9-7-17(8-10-20)19-4-3-12-27-16-19/h1-16H. The number of furan rings is 1. The molecular weight excluding hydrogens is 457 g/mol. The number of hydrogen-bond acceptors (Lipinski definition) is 2. The topological polar surface area (TPSA) is 26.0 Å². The van der Waals surface area contributed by atoms with E-state index in [4.69, 9.17) is 4.42 Å². The SMILES string of the molecule is c1cncc(-c2ccc(I3c4ccccc4-c4cc5ccoc5cc43)cc2)c1. The number of aromatic nitrogens is 1. The fraction of sp³-hybridized carbons (Fsp3) is 0. The molecule has 3 aromatic carbocycles. The molecule has 0 radical (unpaired) electrons. The van der Waals surface area contributed by atoms with Crippen LogP contribution in [0.5, 0.6) is 0 Å². The van der Waals surface area contributed by atoms with E-state index in [1.165, 1.54) is 32.8 Å². The third-order valence-electron chi connectivity index (χ3n) is 5.17. The van der Waals surface area contributed by atoms with Gasteiger partial charge in [0.1, 0.15) is 0 Å². The van der Waals surface area contributed by atoms with Crippen LogP contribution in [0.15, 0.2) is 102 Å². The summed E-state index contributed by atoms with van der Waals surface area (Å²) in [4.78, 5) is 4.24. The van der Waals surface area contributed by atoms with Gasteiger partial charge in [-0.1, -0.05) is 0 Å². The summed E-state index contributed by atoms with van der Waals surface area (Å²) in [6.07, 6.45) is 5.52. The Labute approximate surface area is 170 Å². The molecule has 1 aliphatic heterocycles. The Kier molecular flexibility index (Phi) is 3.62. The molecular formula is C25H16INO. The van der Waals surface area contributed by atoms with Gasteiger partial charge in [0, 0.05) is 0 Å². The Bertz CT molecular complexity index is 1310. The molecule has 5 aromatic rings. The molecule has 28 heavy (non-hydrogen) atoms. The van der Waals surface area contributed by atoms with Crippen molar-refractivity contribution in [3.8, 4) is 22.3 Å². The average Bonchev–Trinajstić information content (AvgIpc) is 3.35. The van der Waals surface area contributed by atoms with Crippen LogP contribution in [0, 0.1) is 10.7 Å². The van der Waals surface area contributed by atoms with Gasteiger partial charge in [0.2, 0.25) is 0 Å². The minimum atomic E-state index is -1.73. The summed E-state index contributed by atoms with van der Waals surface area (Å²) >= 11 is -1.73. The monoisotopic (exact) mass is 473 g/mol. The minimum absolute atomic E-state index is 0.987. The first-order valence-corrected chi connectivity index (χ1v) is 12.4. The van der Waals surface area contributed by atoms with Crippen LogP contribution in [0.2, 0.25) is 0 Å². The second-order valence-electron chi connectivity index (χ2n) is 6.80. The molecule has 3 heteroatoms. The second-order valence-corrected chi connectivity index (χ2v) is 12.0. The summed E-state index contributed by atoms with van der Waals surface area (Å²) in [5.74, 6) is 0. The molecule has 0 saturated heterocycles. The van der Waals surface area contributed by atoms with Gasteiger partial charge in [0.15, 0.2) is 0 Å². The van der Waals surface area contributed by atoms with E-state index < -0.39 is 19.8 Å². The number of benzene rings is 3. The first-order valence-electron chi connectivity index (χ1n) is 9.19. The van der Waals surface area contributed by atoms with Crippen molar-refractivity contribution in [2.75, 3.05) is 0 Å². The summed E-state index contributed by atoms with van der Waals surface area (Å²) < 4.78 is 10.2. The summed E-state index contributed by atoms with van der Waals surface area (Å²) in [6.45, 7) is 0. The van der Waals surface area contributed by atoms with Crippen LogP contribution in [-0.4, -0.2) is 4.98 Å². The van der Waals surface area contributed by atoms with Crippen LogP contribution < -0.4 is 0 Å². The fourth-order valence-corrected chi connectivity index (χ4v) is 10.1. The van der Waals surface area contributed by atoms with Crippen molar-refractivity contribution in [2.24, 2.45) is 0 Å².